The minimum absolute atomic E-state index is 0.328. The summed E-state index contributed by atoms with van der Waals surface area (Å²) in [7, 11) is 2.07. The van der Waals surface area contributed by atoms with Gasteiger partial charge in [0.05, 0.1) is 0 Å². The Hall–Kier alpha value is -0.120. The van der Waals surface area contributed by atoms with Gasteiger partial charge in [-0.05, 0) is 57.7 Å². The fourth-order valence-electron chi connectivity index (χ4n) is 3.15. The Morgan fingerprint density at radius 2 is 2.11 bits per heavy atom. The van der Waals surface area contributed by atoms with Gasteiger partial charge in [0.15, 0.2) is 0 Å². The minimum Gasteiger partial charge on any atom is -0.396 e. The Kier molecular flexibility index (Phi) is 6.61. The minimum atomic E-state index is 0.328. The summed E-state index contributed by atoms with van der Waals surface area (Å²) >= 11 is 0. The second kappa shape index (κ2) is 7.46. The molecule has 1 aliphatic rings. The molecule has 18 heavy (non-hydrogen) atoms. The molecule has 0 saturated carbocycles. The zero-order chi connectivity index (χ0) is 13.6. The van der Waals surface area contributed by atoms with Crippen molar-refractivity contribution in [3.05, 3.63) is 0 Å². The first kappa shape index (κ1) is 15.9. The van der Waals surface area contributed by atoms with Gasteiger partial charge in [-0.15, -0.1) is 0 Å². The van der Waals surface area contributed by atoms with Crippen LogP contribution in [-0.2, 0) is 0 Å². The summed E-state index contributed by atoms with van der Waals surface area (Å²) in [5.74, 6) is 0. The smallest absolute Gasteiger partial charge is 0.0431 e. The topological polar surface area (TPSA) is 35.5 Å². The number of aliphatic hydroxyl groups excluding tert-OH is 1. The quantitative estimate of drug-likeness (QED) is 0.733. The van der Waals surface area contributed by atoms with E-state index in [1.807, 2.05) is 0 Å². The normalized spacial score (nSPS) is 23.5. The second-order valence-corrected chi connectivity index (χ2v) is 6.69. The number of likely N-dealkylation sites (tertiary alicyclic amines) is 1. The zero-order valence-electron chi connectivity index (χ0n) is 12.7. The monoisotopic (exact) mass is 256 g/mol. The van der Waals surface area contributed by atoms with Gasteiger partial charge in [-0.3, -0.25) is 0 Å². The molecule has 1 heterocycles. The predicted molar refractivity (Wildman–Crippen MR) is 77.8 cm³/mol. The van der Waals surface area contributed by atoms with Crippen LogP contribution >= 0.6 is 0 Å². The van der Waals surface area contributed by atoms with E-state index in [1.54, 1.807) is 0 Å². The molecule has 2 N–H and O–H groups in total. The molecule has 2 atom stereocenters. The van der Waals surface area contributed by atoms with Gasteiger partial charge >= 0.3 is 0 Å². The van der Waals surface area contributed by atoms with Gasteiger partial charge in [-0.1, -0.05) is 20.8 Å². The number of nitrogens with zero attached hydrogens (tertiary/aromatic N) is 1. The Balaban J connectivity index is 2.36. The van der Waals surface area contributed by atoms with E-state index in [1.165, 1.54) is 32.4 Å². The summed E-state index contributed by atoms with van der Waals surface area (Å²) in [6, 6.07) is 1.30. The molecule has 3 heteroatoms. The third-order valence-electron chi connectivity index (χ3n) is 4.29. The van der Waals surface area contributed by atoms with Gasteiger partial charge in [-0.2, -0.15) is 0 Å². The van der Waals surface area contributed by atoms with Crippen LogP contribution in [0, 0.1) is 5.41 Å². The number of aliphatic hydroxyl groups is 1. The SMILES string of the molecule is CNC(CCN1CCCC1CCCO)C(C)(C)C. The average molecular weight is 256 g/mol. The maximum absolute atomic E-state index is 8.95. The van der Waals surface area contributed by atoms with Crippen molar-refractivity contribution in [2.45, 2.75) is 65.0 Å². The van der Waals surface area contributed by atoms with Crippen LogP contribution in [0.5, 0.6) is 0 Å². The van der Waals surface area contributed by atoms with Crippen LogP contribution < -0.4 is 5.32 Å². The Morgan fingerprint density at radius 3 is 2.67 bits per heavy atom. The van der Waals surface area contributed by atoms with Crippen LogP contribution in [-0.4, -0.2) is 48.8 Å². The molecule has 0 spiro atoms. The van der Waals surface area contributed by atoms with Crippen LogP contribution in [0.4, 0.5) is 0 Å². The third kappa shape index (κ3) is 4.87. The third-order valence-corrected chi connectivity index (χ3v) is 4.29. The van der Waals surface area contributed by atoms with Crippen molar-refractivity contribution >= 4 is 0 Å². The highest BCUT2D eigenvalue weighted by Crippen LogP contribution is 2.25. The lowest BCUT2D eigenvalue weighted by atomic mass is 9.85. The first-order chi connectivity index (χ1) is 8.49. The van der Waals surface area contributed by atoms with Gasteiger partial charge in [0, 0.05) is 18.7 Å². The lowest BCUT2D eigenvalue weighted by Crippen LogP contribution is -2.42. The Bertz CT molecular complexity index is 225. The van der Waals surface area contributed by atoms with E-state index in [0.717, 1.165) is 18.9 Å². The van der Waals surface area contributed by atoms with Crippen LogP contribution in [0.2, 0.25) is 0 Å². The maximum Gasteiger partial charge on any atom is 0.0431 e. The lowest BCUT2D eigenvalue weighted by Gasteiger charge is -2.33. The molecule has 108 valence electrons. The molecule has 1 fully saturated rings. The van der Waals surface area contributed by atoms with E-state index in [4.69, 9.17) is 5.11 Å². The van der Waals surface area contributed by atoms with E-state index in [-0.39, 0.29) is 0 Å². The van der Waals surface area contributed by atoms with Crippen molar-refractivity contribution in [2.75, 3.05) is 26.7 Å². The fourth-order valence-corrected chi connectivity index (χ4v) is 3.15. The first-order valence-electron chi connectivity index (χ1n) is 7.51. The van der Waals surface area contributed by atoms with Crippen molar-refractivity contribution in [3.63, 3.8) is 0 Å². The summed E-state index contributed by atoms with van der Waals surface area (Å²) in [5, 5.41) is 12.4. The highest BCUT2D eigenvalue weighted by Gasteiger charge is 2.27. The maximum atomic E-state index is 8.95. The molecular weight excluding hydrogens is 224 g/mol. The summed E-state index contributed by atoms with van der Waals surface area (Å²) in [6.07, 6.45) is 5.98. The predicted octanol–water partition coefficient (Wildman–Crippen LogP) is 2.25. The molecular formula is C15H32N2O. The Labute approximate surface area is 113 Å². The molecule has 0 radical (unpaired) electrons. The molecule has 2 unspecified atom stereocenters. The molecule has 1 aliphatic heterocycles. The number of hydrogen-bond acceptors (Lipinski definition) is 3. The van der Waals surface area contributed by atoms with Gasteiger partial charge < -0.3 is 15.3 Å². The van der Waals surface area contributed by atoms with Gasteiger partial charge in [-0.25, -0.2) is 0 Å². The van der Waals surface area contributed by atoms with Crippen LogP contribution in [0.1, 0.15) is 52.9 Å². The number of rotatable bonds is 7. The van der Waals surface area contributed by atoms with Crippen LogP contribution in [0.15, 0.2) is 0 Å². The highest BCUT2D eigenvalue weighted by atomic mass is 16.2. The van der Waals surface area contributed by atoms with Crippen molar-refractivity contribution in [1.82, 2.24) is 10.2 Å². The van der Waals surface area contributed by atoms with Crippen molar-refractivity contribution < 1.29 is 5.11 Å². The second-order valence-electron chi connectivity index (χ2n) is 6.69. The number of nitrogens with one attached hydrogen (secondary N) is 1. The molecule has 0 aromatic carbocycles. The molecule has 0 aromatic rings. The van der Waals surface area contributed by atoms with Crippen LogP contribution in [0.25, 0.3) is 0 Å². The molecule has 0 bridgehead atoms. The van der Waals surface area contributed by atoms with E-state index in [9.17, 15) is 0 Å². The first-order valence-corrected chi connectivity index (χ1v) is 7.51. The van der Waals surface area contributed by atoms with E-state index in [2.05, 4.69) is 38.0 Å². The summed E-state index contributed by atoms with van der Waals surface area (Å²) in [6.45, 7) is 9.70. The zero-order valence-corrected chi connectivity index (χ0v) is 12.7. The molecule has 0 aliphatic carbocycles. The standard InChI is InChI=1S/C15H32N2O/c1-15(2,3)14(16-4)9-11-17-10-5-7-13(17)8-6-12-18/h13-14,16,18H,5-12H2,1-4H3. The van der Waals surface area contributed by atoms with Crippen molar-refractivity contribution in [1.29, 1.82) is 0 Å². The molecule has 3 nitrogen and oxygen atoms in total. The van der Waals surface area contributed by atoms with Crippen molar-refractivity contribution in [3.8, 4) is 0 Å². The van der Waals surface area contributed by atoms with Crippen LogP contribution in [0.3, 0.4) is 0 Å². The summed E-state index contributed by atoms with van der Waals surface area (Å²) < 4.78 is 0. The molecule has 0 aromatic heterocycles. The van der Waals surface area contributed by atoms with E-state index >= 15 is 0 Å². The Morgan fingerprint density at radius 1 is 1.39 bits per heavy atom. The largest absolute Gasteiger partial charge is 0.396 e. The van der Waals surface area contributed by atoms with Gasteiger partial charge in [0.2, 0.25) is 0 Å². The van der Waals surface area contributed by atoms with E-state index < -0.39 is 0 Å². The lowest BCUT2D eigenvalue weighted by molar-refractivity contribution is 0.185. The van der Waals surface area contributed by atoms with Crippen molar-refractivity contribution in [2.24, 2.45) is 5.41 Å². The van der Waals surface area contributed by atoms with Gasteiger partial charge in [0.25, 0.3) is 0 Å². The number of hydrogen-bond donors (Lipinski definition) is 2. The highest BCUT2D eigenvalue weighted by molar-refractivity contribution is 4.84. The molecule has 0 amide bonds. The fraction of sp³-hybridized carbons (Fsp3) is 1.00. The van der Waals surface area contributed by atoms with Gasteiger partial charge in [0.1, 0.15) is 0 Å². The summed E-state index contributed by atoms with van der Waals surface area (Å²) in [4.78, 5) is 2.63. The average Bonchev–Trinajstić information content (AvgIpc) is 2.73. The summed E-state index contributed by atoms with van der Waals surface area (Å²) in [5.41, 5.74) is 0.328. The molecule has 1 rings (SSSR count). The van der Waals surface area contributed by atoms with E-state index in [0.29, 0.717) is 18.1 Å². The molecule has 1 saturated heterocycles.